The van der Waals surface area contributed by atoms with E-state index in [1.807, 2.05) is 30.3 Å². The maximum atomic E-state index is 12.9. The standard InChI is InChI=1S/C35H30Cl2N2O5/c1-2-3-4-16-41-26-12-9-22(10-13-26)35(40)43-28-14-15-29-32(19-28)44-34(39)30(20-38)33(29)23-6-5-7-27(17-23)42-21-24-8-11-25(36)18-31(24)37/h5-15,17-19,33H,2-4,16,21,39H2,1H3. The van der Waals surface area contributed by atoms with Crippen LogP contribution in [-0.4, -0.2) is 12.6 Å². The van der Waals surface area contributed by atoms with Crippen molar-refractivity contribution >= 4 is 29.2 Å². The Morgan fingerprint density at radius 2 is 1.73 bits per heavy atom. The van der Waals surface area contributed by atoms with Crippen LogP contribution in [0.15, 0.2) is 96.4 Å². The number of benzene rings is 4. The fraction of sp³-hybridized carbons (Fsp3) is 0.200. The third-order valence-electron chi connectivity index (χ3n) is 7.11. The Morgan fingerprint density at radius 3 is 2.48 bits per heavy atom. The lowest BCUT2D eigenvalue weighted by Crippen LogP contribution is -2.21. The summed E-state index contributed by atoms with van der Waals surface area (Å²) in [7, 11) is 0. The summed E-state index contributed by atoms with van der Waals surface area (Å²) in [5.41, 5.74) is 9.09. The van der Waals surface area contributed by atoms with Crippen LogP contribution in [0.25, 0.3) is 0 Å². The van der Waals surface area contributed by atoms with E-state index in [1.54, 1.807) is 54.6 Å². The number of halogens is 2. The normalized spacial score (nSPS) is 13.8. The summed E-state index contributed by atoms with van der Waals surface area (Å²) in [6.07, 6.45) is 3.21. The minimum Gasteiger partial charge on any atom is -0.494 e. The van der Waals surface area contributed by atoms with Crippen molar-refractivity contribution in [2.24, 2.45) is 5.73 Å². The number of allylic oxidation sites excluding steroid dienone is 1. The Hall–Kier alpha value is -4.64. The molecule has 1 heterocycles. The van der Waals surface area contributed by atoms with E-state index in [9.17, 15) is 10.1 Å². The zero-order valence-corrected chi connectivity index (χ0v) is 25.5. The number of nitriles is 1. The molecule has 9 heteroatoms. The maximum absolute atomic E-state index is 12.9. The molecular weight excluding hydrogens is 599 g/mol. The van der Waals surface area contributed by atoms with Gasteiger partial charge in [-0.05, 0) is 66.6 Å². The molecule has 0 aliphatic carbocycles. The van der Waals surface area contributed by atoms with Gasteiger partial charge in [0.05, 0.1) is 18.1 Å². The van der Waals surface area contributed by atoms with Gasteiger partial charge in [-0.15, -0.1) is 0 Å². The van der Waals surface area contributed by atoms with Crippen LogP contribution in [0.3, 0.4) is 0 Å². The Kier molecular flexibility index (Phi) is 9.96. The largest absolute Gasteiger partial charge is 0.494 e. The Balaban J connectivity index is 1.32. The van der Waals surface area contributed by atoms with E-state index in [4.69, 9.17) is 47.9 Å². The molecule has 2 N–H and O–H groups in total. The highest BCUT2D eigenvalue weighted by Crippen LogP contribution is 2.44. The van der Waals surface area contributed by atoms with Gasteiger partial charge in [0.25, 0.3) is 0 Å². The van der Waals surface area contributed by atoms with Crippen LogP contribution in [0.1, 0.15) is 59.2 Å². The summed E-state index contributed by atoms with van der Waals surface area (Å²) >= 11 is 12.3. The molecule has 0 aromatic heterocycles. The van der Waals surface area contributed by atoms with Crippen molar-refractivity contribution in [2.45, 2.75) is 38.7 Å². The number of ether oxygens (including phenoxy) is 4. The van der Waals surface area contributed by atoms with E-state index in [-0.39, 0.29) is 23.8 Å². The number of carbonyl (C=O) groups excluding carboxylic acids is 1. The summed E-state index contributed by atoms with van der Waals surface area (Å²) in [4.78, 5) is 12.9. The van der Waals surface area contributed by atoms with E-state index in [2.05, 4.69) is 13.0 Å². The number of fused-ring (bicyclic) bond motifs is 1. The molecule has 0 spiro atoms. The molecule has 0 fully saturated rings. The van der Waals surface area contributed by atoms with Gasteiger partial charge in [0.2, 0.25) is 5.88 Å². The number of rotatable bonds is 11. The first-order valence-electron chi connectivity index (χ1n) is 14.2. The minimum absolute atomic E-state index is 0.0257. The minimum atomic E-state index is -0.527. The topological polar surface area (TPSA) is 104 Å². The quantitative estimate of drug-likeness (QED) is 0.101. The maximum Gasteiger partial charge on any atom is 0.343 e. The number of nitrogens with two attached hydrogens (primary N) is 1. The Morgan fingerprint density at radius 1 is 0.932 bits per heavy atom. The van der Waals surface area contributed by atoms with Crippen molar-refractivity contribution in [2.75, 3.05) is 6.61 Å². The van der Waals surface area contributed by atoms with E-state index < -0.39 is 11.9 Å². The second kappa shape index (κ2) is 14.2. The van der Waals surface area contributed by atoms with E-state index in [1.165, 1.54) is 0 Å². The molecule has 1 aliphatic rings. The average molecular weight is 630 g/mol. The molecule has 5 rings (SSSR count). The summed E-state index contributed by atoms with van der Waals surface area (Å²) in [6, 6.07) is 26.7. The number of unbranched alkanes of at least 4 members (excludes halogenated alkanes) is 2. The number of esters is 1. The molecule has 0 amide bonds. The summed E-state index contributed by atoms with van der Waals surface area (Å²) in [6.45, 7) is 3.00. The van der Waals surface area contributed by atoms with Gasteiger partial charge in [-0.25, -0.2) is 4.79 Å². The van der Waals surface area contributed by atoms with Crippen LogP contribution in [0.4, 0.5) is 0 Å². The van der Waals surface area contributed by atoms with E-state index in [0.29, 0.717) is 45.0 Å². The smallest absolute Gasteiger partial charge is 0.343 e. The summed E-state index contributed by atoms with van der Waals surface area (Å²) < 4.78 is 23.2. The molecule has 4 aromatic rings. The molecule has 0 saturated carbocycles. The monoisotopic (exact) mass is 628 g/mol. The van der Waals surface area contributed by atoms with Crippen molar-refractivity contribution in [3.05, 3.63) is 129 Å². The van der Waals surface area contributed by atoms with Gasteiger partial charge in [-0.3, -0.25) is 0 Å². The Bertz CT molecular complexity index is 1730. The van der Waals surface area contributed by atoms with Gasteiger partial charge >= 0.3 is 5.97 Å². The lowest BCUT2D eigenvalue weighted by molar-refractivity contribution is 0.0734. The molecule has 0 radical (unpaired) electrons. The van der Waals surface area contributed by atoms with Gasteiger partial charge in [-0.2, -0.15) is 5.26 Å². The van der Waals surface area contributed by atoms with Gasteiger partial charge in [0.1, 0.15) is 41.2 Å². The van der Waals surface area contributed by atoms with Gasteiger partial charge in [-0.1, -0.05) is 67.2 Å². The molecular formula is C35H30Cl2N2O5. The number of hydrogen-bond donors (Lipinski definition) is 1. The first-order valence-corrected chi connectivity index (χ1v) is 14.9. The SMILES string of the molecule is CCCCCOc1ccc(C(=O)Oc2ccc3c(c2)OC(N)=C(C#N)C3c2cccc(OCc3ccc(Cl)cc3Cl)c2)cc1. The summed E-state index contributed by atoms with van der Waals surface area (Å²) in [5.74, 6) is 0.861. The zero-order chi connectivity index (χ0) is 31.1. The highest BCUT2D eigenvalue weighted by Gasteiger charge is 2.31. The van der Waals surface area contributed by atoms with Crippen LogP contribution < -0.4 is 24.7 Å². The van der Waals surface area contributed by atoms with Crippen LogP contribution in [0.2, 0.25) is 10.0 Å². The van der Waals surface area contributed by atoms with Crippen LogP contribution in [0.5, 0.6) is 23.0 Å². The molecule has 224 valence electrons. The van der Waals surface area contributed by atoms with E-state index >= 15 is 0 Å². The number of carbonyl (C=O) groups is 1. The van der Waals surface area contributed by atoms with Crippen LogP contribution in [-0.2, 0) is 6.61 Å². The highest BCUT2D eigenvalue weighted by molar-refractivity contribution is 6.35. The third kappa shape index (κ3) is 7.28. The first kappa shape index (κ1) is 30.8. The summed E-state index contributed by atoms with van der Waals surface area (Å²) in [5, 5.41) is 11.0. The van der Waals surface area contributed by atoms with Crippen molar-refractivity contribution < 1.29 is 23.7 Å². The predicted molar refractivity (Wildman–Crippen MR) is 169 cm³/mol. The average Bonchev–Trinajstić information content (AvgIpc) is 3.02. The van der Waals surface area contributed by atoms with Crippen molar-refractivity contribution in [1.29, 1.82) is 5.26 Å². The molecule has 44 heavy (non-hydrogen) atoms. The van der Waals surface area contributed by atoms with Crippen molar-refractivity contribution in [3.63, 3.8) is 0 Å². The van der Waals surface area contributed by atoms with Crippen molar-refractivity contribution in [1.82, 2.24) is 0 Å². The fourth-order valence-electron chi connectivity index (χ4n) is 4.82. The second-order valence-corrected chi connectivity index (χ2v) is 11.0. The predicted octanol–water partition coefficient (Wildman–Crippen LogP) is 8.58. The van der Waals surface area contributed by atoms with E-state index in [0.717, 1.165) is 30.4 Å². The van der Waals surface area contributed by atoms with Gasteiger partial charge < -0.3 is 24.7 Å². The molecule has 0 saturated heterocycles. The number of nitrogens with zero attached hydrogens (tertiary/aromatic N) is 1. The fourth-order valence-corrected chi connectivity index (χ4v) is 5.28. The van der Waals surface area contributed by atoms with Gasteiger partial charge in [0, 0.05) is 27.2 Å². The highest BCUT2D eigenvalue weighted by atomic mass is 35.5. The van der Waals surface area contributed by atoms with Gasteiger partial charge in [0.15, 0.2) is 0 Å². The zero-order valence-electron chi connectivity index (χ0n) is 24.0. The van der Waals surface area contributed by atoms with Crippen molar-refractivity contribution in [3.8, 4) is 29.1 Å². The first-order chi connectivity index (χ1) is 21.4. The Labute approximate surface area is 266 Å². The molecule has 1 aliphatic heterocycles. The molecule has 0 bridgehead atoms. The van der Waals surface area contributed by atoms with Crippen LogP contribution in [0, 0.1) is 11.3 Å². The lowest BCUT2D eigenvalue weighted by Gasteiger charge is -2.27. The second-order valence-electron chi connectivity index (χ2n) is 10.2. The van der Waals surface area contributed by atoms with Crippen LogP contribution >= 0.6 is 23.2 Å². The molecule has 1 atom stereocenters. The third-order valence-corrected chi connectivity index (χ3v) is 7.70. The number of hydrogen-bond acceptors (Lipinski definition) is 7. The molecule has 4 aromatic carbocycles. The molecule has 1 unspecified atom stereocenters. The molecule has 7 nitrogen and oxygen atoms in total. The lowest BCUT2D eigenvalue weighted by atomic mass is 9.83.